The van der Waals surface area contributed by atoms with Gasteiger partial charge in [0.2, 0.25) is 0 Å². The van der Waals surface area contributed by atoms with Gasteiger partial charge in [0.25, 0.3) is 0 Å². The summed E-state index contributed by atoms with van der Waals surface area (Å²) in [5.74, 6) is 0.812. The molecule has 6 aliphatic rings. The van der Waals surface area contributed by atoms with Crippen molar-refractivity contribution < 1.29 is 29.3 Å². The number of aliphatic hydroxyl groups is 1. The Labute approximate surface area is 252 Å². The average molecular weight is 579 g/mol. The number of cyclic esters (lactones) is 2. The van der Waals surface area contributed by atoms with Crippen LogP contribution in [-0.2, 0) is 19.1 Å². The molecule has 0 amide bonds. The molecule has 2 aromatic carbocycles. The van der Waals surface area contributed by atoms with Crippen molar-refractivity contribution in [2.24, 2.45) is 29.1 Å². The van der Waals surface area contributed by atoms with Crippen LogP contribution in [0.25, 0.3) is 16.7 Å². The number of allylic oxidation sites excluding steroid dienone is 5. The number of hydrogen-bond acceptors (Lipinski definition) is 6. The van der Waals surface area contributed by atoms with E-state index in [9.17, 15) is 19.8 Å². The summed E-state index contributed by atoms with van der Waals surface area (Å²) in [7, 11) is 0. The van der Waals surface area contributed by atoms with Crippen LogP contribution >= 0.6 is 0 Å². The minimum absolute atomic E-state index is 0.0357. The molecule has 43 heavy (non-hydrogen) atoms. The van der Waals surface area contributed by atoms with Crippen molar-refractivity contribution in [2.75, 3.05) is 6.61 Å². The van der Waals surface area contributed by atoms with Crippen molar-refractivity contribution in [3.05, 3.63) is 94.5 Å². The summed E-state index contributed by atoms with van der Waals surface area (Å²) < 4.78 is 12.1. The number of phenols is 1. The number of aliphatic hydroxyl groups excluding tert-OH is 1. The van der Waals surface area contributed by atoms with Gasteiger partial charge in [0, 0.05) is 23.7 Å². The van der Waals surface area contributed by atoms with Crippen LogP contribution in [0.3, 0.4) is 0 Å². The van der Waals surface area contributed by atoms with Crippen LogP contribution < -0.4 is 0 Å². The maximum Gasteiger partial charge on any atom is 0.340 e. The second-order valence-electron chi connectivity index (χ2n) is 12.8. The minimum atomic E-state index is -0.756. The fraction of sp³-hybridized carbons (Fsp3) is 0.405. The van der Waals surface area contributed by atoms with Gasteiger partial charge < -0.3 is 19.7 Å². The molecule has 8 rings (SSSR count). The van der Waals surface area contributed by atoms with E-state index in [4.69, 9.17) is 9.47 Å². The molecule has 4 aliphatic carbocycles. The molecule has 1 spiro atoms. The van der Waals surface area contributed by atoms with Crippen LogP contribution in [0.4, 0.5) is 0 Å². The first-order valence-electron chi connectivity index (χ1n) is 15.7. The number of ether oxygens (including phenoxy) is 2. The van der Waals surface area contributed by atoms with Crippen molar-refractivity contribution in [2.45, 2.75) is 58.8 Å². The lowest BCUT2D eigenvalue weighted by Gasteiger charge is -2.56. The van der Waals surface area contributed by atoms with Gasteiger partial charge in [0.15, 0.2) is 0 Å². The number of phenolic OH excluding ortho intramolecular Hbond substituents is 1. The molecule has 2 aliphatic heterocycles. The molecule has 6 nitrogen and oxygen atoms in total. The summed E-state index contributed by atoms with van der Waals surface area (Å²) in [6.07, 6.45) is 9.52. The van der Waals surface area contributed by atoms with Gasteiger partial charge in [0.05, 0.1) is 11.0 Å². The van der Waals surface area contributed by atoms with Gasteiger partial charge in [-0.05, 0) is 103 Å². The van der Waals surface area contributed by atoms with Crippen LogP contribution in [0, 0.1) is 29.1 Å². The van der Waals surface area contributed by atoms with E-state index in [2.05, 4.69) is 25.1 Å². The predicted octanol–water partition coefficient (Wildman–Crippen LogP) is 7.25. The zero-order chi connectivity index (χ0) is 29.9. The Morgan fingerprint density at radius 2 is 1.81 bits per heavy atom. The van der Waals surface area contributed by atoms with E-state index in [0.29, 0.717) is 29.1 Å². The Morgan fingerprint density at radius 3 is 2.58 bits per heavy atom. The number of rotatable bonds is 7. The number of benzene rings is 2. The molecule has 0 aromatic heterocycles. The first-order chi connectivity index (χ1) is 20.9. The van der Waals surface area contributed by atoms with E-state index < -0.39 is 5.41 Å². The summed E-state index contributed by atoms with van der Waals surface area (Å²) in [5.41, 5.74) is 5.39. The molecule has 2 N–H and O–H groups in total. The maximum atomic E-state index is 14.1. The number of fused-ring (bicyclic) bond motifs is 1. The van der Waals surface area contributed by atoms with Gasteiger partial charge in [-0.15, -0.1) is 0 Å². The number of esters is 2. The first kappa shape index (κ1) is 27.9. The molecule has 2 fully saturated rings. The SMILES string of the molecule is CCCC=C1OC(=O)C2=C(c3cc(O)ccc3-c3ccccc3)[C@@H]3CC[C@]12[C@H]1C2=C(CC[C@H]31)C(=CC[C@H](C)CO)OC2=O. The van der Waals surface area contributed by atoms with E-state index in [-0.39, 0.29) is 48.0 Å². The quantitative estimate of drug-likeness (QED) is 0.336. The van der Waals surface area contributed by atoms with Crippen LogP contribution in [-0.4, -0.2) is 28.8 Å². The van der Waals surface area contributed by atoms with Crippen molar-refractivity contribution in [3.63, 3.8) is 0 Å². The monoisotopic (exact) mass is 578 g/mol. The van der Waals surface area contributed by atoms with Crippen molar-refractivity contribution >= 4 is 17.5 Å². The second kappa shape index (κ2) is 10.7. The third-order valence-corrected chi connectivity index (χ3v) is 10.4. The molecule has 0 radical (unpaired) electrons. The lowest BCUT2D eigenvalue weighted by Crippen LogP contribution is -2.52. The summed E-state index contributed by atoms with van der Waals surface area (Å²) in [5, 5.41) is 20.3. The Kier molecular flexibility index (Phi) is 6.93. The van der Waals surface area contributed by atoms with E-state index in [1.807, 2.05) is 37.3 Å². The molecule has 2 heterocycles. The van der Waals surface area contributed by atoms with Crippen molar-refractivity contribution in [1.29, 1.82) is 0 Å². The predicted molar refractivity (Wildman–Crippen MR) is 163 cm³/mol. The largest absolute Gasteiger partial charge is 0.508 e. The number of carbonyl (C=O) groups is 2. The maximum absolute atomic E-state index is 14.1. The molecule has 0 unspecified atom stereocenters. The highest BCUT2D eigenvalue weighted by molar-refractivity contribution is 6.07. The molecule has 5 atom stereocenters. The van der Waals surface area contributed by atoms with Crippen LogP contribution in [0.5, 0.6) is 5.75 Å². The van der Waals surface area contributed by atoms with Gasteiger partial charge in [-0.1, -0.05) is 56.7 Å². The third-order valence-electron chi connectivity index (χ3n) is 10.4. The minimum Gasteiger partial charge on any atom is -0.508 e. The Hall–Kier alpha value is -3.90. The van der Waals surface area contributed by atoms with Crippen LogP contribution in [0.2, 0.25) is 0 Å². The molecule has 2 bridgehead atoms. The van der Waals surface area contributed by atoms with Gasteiger partial charge in [0.1, 0.15) is 17.3 Å². The van der Waals surface area contributed by atoms with Crippen molar-refractivity contribution in [1.82, 2.24) is 0 Å². The molecule has 6 heteroatoms. The molecule has 1 saturated carbocycles. The standard InChI is InChI=1S/C37H38O6/c1-3-4-10-30-37-18-17-25(26-14-15-27-29(16-11-21(2)20-38)42-35(40)32(27)33(26)37)31(34(37)36(41)43-30)28-19-23(39)12-13-24(28)22-8-6-5-7-9-22/h5-10,12-13,16,19,21,25-26,33,38-39H,3-4,11,14-15,17-18,20H2,1-2H3/t21-,25+,26+,33+,37+/m0/s1. The molecule has 1 saturated heterocycles. The average Bonchev–Trinajstić information content (AvgIpc) is 3.52. The van der Waals surface area contributed by atoms with Gasteiger partial charge in [-0.25, -0.2) is 9.59 Å². The number of hydrogen-bond donors (Lipinski definition) is 2. The highest BCUT2D eigenvalue weighted by atomic mass is 16.5. The Balaban J connectivity index is 1.47. The Bertz CT molecular complexity index is 1630. The number of carbonyl (C=O) groups excluding carboxylic acids is 2. The zero-order valence-corrected chi connectivity index (χ0v) is 24.8. The van der Waals surface area contributed by atoms with Gasteiger partial charge in [-0.3, -0.25) is 0 Å². The van der Waals surface area contributed by atoms with E-state index in [1.54, 1.807) is 12.1 Å². The molecule has 222 valence electrons. The summed E-state index contributed by atoms with van der Waals surface area (Å²) in [6.45, 7) is 4.14. The fourth-order valence-electron chi connectivity index (χ4n) is 8.54. The van der Waals surface area contributed by atoms with Crippen molar-refractivity contribution in [3.8, 4) is 16.9 Å². The topological polar surface area (TPSA) is 93.1 Å². The molecular weight excluding hydrogens is 540 g/mol. The lowest BCUT2D eigenvalue weighted by atomic mass is 9.44. The normalized spacial score (nSPS) is 30.0. The molecular formula is C37H38O6. The summed E-state index contributed by atoms with van der Waals surface area (Å²) >= 11 is 0. The zero-order valence-electron chi connectivity index (χ0n) is 24.8. The number of unbranched alkanes of at least 4 members (excludes halogenated alkanes) is 1. The summed E-state index contributed by atoms with van der Waals surface area (Å²) in [6, 6.07) is 15.5. The fourth-order valence-corrected chi connectivity index (χ4v) is 8.54. The third kappa shape index (κ3) is 4.17. The second-order valence-corrected chi connectivity index (χ2v) is 12.8. The van der Waals surface area contributed by atoms with Crippen LogP contribution in [0.15, 0.2) is 88.9 Å². The summed E-state index contributed by atoms with van der Waals surface area (Å²) in [4.78, 5) is 27.8. The highest BCUT2D eigenvalue weighted by Gasteiger charge is 2.68. The highest BCUT2D eigenvalue weighted by Crippen LogP contribution is 2.72. The number of aromatic hydroxyl groups is 1. The van der Waals surface area contributed by atoms with Gasteiger partial charge >= 0.3 is 11.9 Å². The van der Waals surface area contributed by atoms with E-state index in [1.165, 1.54) is 0 Å². The first-order valence-corrected chi connectivity index (χ1v) is 15.7. The van der Waals surface area contributed by atoms with E-state index >= 15 is 0 Å². The Morgan fingerprint density at radius 1 is 1.00 bits per heavy atom. The smallest absolute Gasteiger partial charge is 0.340 e. The van der Waals surface area contributed by atoms with Crippen LogP contribution in [0.1, 0.15) is 64.4 Å². The van der Waals surface area contributed by atoms with E-state index in [0.717, 1.165) is 66.4 Å². The molecule has 2 aromatic rings. The lowest BCUT2D eigenvalue weighted by molar-refractivity contribution is -0.135. The van der Waals surface area contributed by atoms with Gasteiger partial charge in [-0.2, -0.15) is 0 Å².